The van der Waals surface area contributed by atoms with Crippen LogP contribution in [0.1, 0.15) is 12.6 Å². The molecule has 0 saturated carbocycles. The van der Waals surface area contributed by atoms with Gasteiger partial charge in [-0.1, -0.05) is 0 Å². The molecule has 0 aliphatic rings. The molecule has 0 N–H and O–H groups in total. The van der Waals surface area contributed by atoms with Crippen molar-refractivity contribution < 1.29 is 0 Å². The van der Waals surface area contributed by atoms with Crippen LogP contribution in [0, 0.1) is 6.92 Å². The summed E-state index contributed by atoms with van der Waals surface area (Å²) in [4.78, 5) is 10.6. The van der Waals surface area contributed by atoms with Gasteiger partial charge < -0.3 is 4.90 Å². The number of halogens is 1. The predicted molar refractivity (Wildman–Crippen MR) is 64.1 cm³/mol. The Balaban J connectivity index is 2.52. The van der Waals surface area contributed by atoms with Crippen molar-refractivity contribution in [3.8, 4) is 0 Å². The van der Waals surface area contributed by atoms with E-state index in [2.05, 4.69) is 26.9 Å². The van der Waals surface area contributed by atoms with Crippen molar-refractivity contribution in [3.63, 3.8) is 0 Å². The molecule has 0 spiro atoms. The van der Waals surface area contributed by atoms with E-state index in [4.69, 9.17) is 11.6 Å². The first-order chi connectivity index (χ1) is 7.76. The monoisotopic (exact) mass is 239 g/mol. The molecule has 2 aromatic heterocycles. The zero-order chi connectivity index (χ0) is 11.5. The van der Waals surface area contributed by atoms with Crippen molar-refractivity contribution in [2.24, 2.45) is 0 Å². The predicted octanol–water partition coefficient (Wildman–Crippen LogP) is 1.50. The van der Waals surface area contributed by atoms with E-state index in [1.807, 2.05) is 13.0 Å². The summed E-state index contributed by atoms with van der Waals surface area (Å²) in [5, 5.41) is 4.17. The third-order valence-corrected chi connectivity index (χ3v) is 2.59. The number of anilines is 1. The Bertz CT molecular complexity index is 481. The van der Waals surface area contributed by atoms with Gasteiger partial charge in [-0.15, -0.1) is 11.6 Å². The summed E-state index contributed by atoms with van der Waals surface area (Å²) in [5.74, 6) is 2.21. The molecule has 86 valence electrons. The number of hydrogen-bond acceptors (Lipinski definition) is 4. The van der Waals surface area contributed by atoms with E-state index in [9.17, 15) is 0 Å². The second-order valence-corrected chi connectivity index (χ2v) is 3.87. The number of alkyl halides is 1. The van der Waals surface area contributed by atoms with Crippen LogP contribution in [0.25, 0.3) is 5.78 Å². The van der Waals surface area contributed by atoms with Crippen LogP contribution in [-0.4, -0.2) is 38.6 Å². The molecule has 5 nitrogen and oxygen atoms in total. The number of aryl methyl sites for hydroxylation is 1. The molecule has 0 fully saturated rings. The van der Waals surface area contributed by atoms with Crippen LogP contribution in [0.15, 0.2) is 12.4 Å². The van der Waals surface area contributed by atoms with E-state index in [0.717, 1.165) is 24.6 Å². The fourth-order valence-corrected chi connectivity index (χ4v) is 1.88. The highest BCUT2D eigenvalue weighted by Crippen LogP contribution is 2.15. The molecular weight excluding hydrogens is 226 g/mol. The molecule has 2 aromatic rings. The van der Waals surface area contributed by atoms with Crippen LogP contribution in [0.5, 0.6) is 0 Å². The normalized spacial score (nSPS) is 10.9. The van der Waals surface area contributed by atoms with Crippen LogP contribution in [0.3, 0.4) is 0 Å². The Hall–Kier alpha value is -1.36. The molecule has 2 heterocycles. The van der Waals surface area contributed by atoms with Gasteiger partial charge in [0.2, 0.25) is 0 Å². The maximum atomic E-state index is 5.79. The van der Waals surface area contributed by atoms with Gasteiger partial charge in [0, 0.05) is 30.7 Å². The summed E-state index contributed by atoms with van der Waals surface area (Å²) >= 11 is 5.79. The van der Waals surface area contributed by atoms with Gasteiger partial charge in [0.15, 0.2) is 0 Å². The smallest absolute Gasteiger partial charge is 0.254 e. The maximum absolute atomic E-state index is 5.79. The molecule has 0 aliphatic heterocycles. The Morgan fingerprint density at radius 1 is 1.50 bits per heavy atom. The van der Waals surface area contributed by atoms with Gasteiger partial charge in [-0.05, 0) is 13.8 Å². The highest BCUT2D eigenvalue weighted by atomic mass is 35.5. The second kappa shape index (κ2) is 4.65. The van der Waals surface area contributed by atoms with Crippen molar-refractivity contribution in [2.45, 2.75) is 13.8 Å². The van der Waals surface area contributed by atoms with Gasteiger partial charge in [-0.25, -0.2) is 4.98 Å². The SMILES string of the molecule is CCN(CCCl)c1cc(C)nc2ncnn12. The van der Waals surface area contributed by atoms with Crippen molar-refractivity contribution in [1.29, 1.82) is 0 Å². The standard InChI is InChI=1S/C10H14ClN5/c1-3-15(5-4-11)9-6-8(2)14-10-12-7-13-16(9)10/h6-7H,3-5H2,1-2H3. The van der Waals surface area contributed by atoms with E-state index >= 15 is 0 Å². The van der Waals surface area contributed by atoms with Gasteiger partial charge in [0.05, 0.1) is 0 Å². The lowest BCUT2D eigenvalue weighted by Crippen LogP contribution is -2.27. The lowest BCUT2D eigenvalue weighted by atomic mass is 10.4. The Morgan fingerprint density at radius 3 is 3.00 bits per heavy atom. The molecule has 0 amide bonds. The summed E-state index contributed by atoms with van der Waals surface area (Å²) in [7, 11) is 0. The molecule has 0 aromatic carbocycles. The summed E-state index contributed by atoms with van der Waals surface area (Å²) < 4.78 is 1.74. The van der Waals surface area contributed by atoms with E-state index in [1.165, 1.54) is 6.33 Å². The zero-order valence-corrected chi connectivity index (χ0v) is 10.1. The minimum absolute atomic E-state index is 0.589. The second-order valence-electron chi connectivity index (χ2n) is 3.50. The molecule has 16 heavy (non-hydrogen) atoms. The first-order valence-corrected chi connectivity index (χ1v) is 5.78. The highest BCUT2D eigenvalue weighted by Gasteiger charge is 2.11. The average molecular weight is 240 g/mol. The number of nitrogens with zero attached hydrogens (tertiary/aromatic N) is 5. The Morgan fingerprint density at radius 2 is 2.31 bits per heavy atom. The van der Waals surface area contributed by atoms with Crippen molar-refractivity contribution in [3.05, 3.63) is 18.1 Å². The van der Waals surface area contributed by atoms with E-state index in [1.54, 1.807) is 4.52 Å². The first kappa shape index (κ1) is 11.1. The third-order valence-electron chi connectivity index (χ3n) is 2.42. The van der Waals surface area contributed by atoms with Crippen LogP contribution in [0.2, 0.25) is 0 Å². The van der Waals surface area contributed by atoms with Gasteiger partial charge in [0.25, 0.3) is 5.78 Å². The summed E-state index contributed by atoms with van der Waals surface area (Å²) in [6.45, 7) is 5.71. The number of hydrogen-bond donors (Lipinski definition) is 0. The fourth-order valence-electron chi connectivity index (χ4n) is 1.67. The Labute approximate surface area is 99.1 Å². The minimum atomic E-state index is 0.589. The first-order valence-electron chi connectivity index (χ1n) is 5.24. The largest absolute Gasteiger partial charge is 0.355 e. The molecule has 0 atom stereocenters. The van der Waals surface area contributed by atoms with Crippen molar-refractivity contribution in [2.75, 3.05) is 23.9 Å². The summed E-state index contributed by atoms with van der Waals surface area (Å²) in [6, 6.07) is 2.00. The lowest BCUT2D eigenvalue weighted by molar-refractivity contribution is 0.798. The van der Waals surface area contributed by atoms with Crippen molar-refractivity contribution in [1.82, 2.24) is 19.6 Å². The fraction of sp³-hybridized carbons (Fsp3) is 0.500. The maximum Gasteiger partial charge on any atom is 0.254 e. The van der Waals surface area contributed by atoms with Gasteiger partial charge in [-0.3, -0.25) is 0 Å². The quantitative estimate of drug-likeness (QED) is 0.759. The lowest BCUT2D eigenvalue weighted by Gasteiger charge is -2.22. The highest BCUT2D eigenvalue weighted by molar-refractivity contribution is 6.18. The summed E-state index contributed by atoms with van der Waals surface area (Å²) in [5.41, 5.74) is 0.934. The van der Waals surface area contributed by atoms with Crippen LogP contribution in [0.4, 0.5) is 5.82 Å². The number of fused-ring (bicyclic) bond motifs is 1. The molecule has 2 rings (SSSR count). The third kappa shape index (κ3) is 1.95. The van der Waals surface area contributed by atoms with Crippen LogP contribution in [-0.2, 0) is 0 Å². The van der Waals surface area contributed by atoms with Crippen LogP contribution >= 0.6 is 11.6 Å². The van der Waals surface area contributed by atoms with E-state index in [-0.39, 0.29) is 0 Å². The molecule has 0 aliphatic carbocycles. The minimum Gasteiger partial charge on any atom is -0.355 e. The molecular formula is C10H14ClN5. The van der Waals surface area contributed by atoms with Gasteiger partial charge in [0.1, 0.15) is 12.1 Å². The Kier molecular flexibility index (Phi) is 3.24. The molecule has 6 heteroatoms. The van der Waals surface area contributed by atoms with Crippen molar-refractivity contribution >= 4 is 23.2 Å². The zero-order valence-electron chi connectivity index (χ0n) is 9.39. The summed E-state index contributed by atoms with van der Waals surface area (Å²) in [6.07, 6.45) is 1.51. The van der Waals surface area contributed by atoms with Gasteiger partial charge in [-0.2, -0.15) is 14.6 Å². The molecule has 0 radical (unpaired) electrons. The van der Waals surface area contributed by atoms with Crippen LogP contribution < -0.4 is 4.90 Å². The van der Waals surface area contributed by atoms with E-state index < -0.39 is 0 Å². The number of rotatable bonds is 4. The molecule has 0 saturated heterocycles. The topological polar surface area (TPSA) is 46.3 Å². The average Bonchev–Trinajstić information content (AvgIpc) is 2.72. The molecule has 0 unspecified atom stereocenters. The molecule has 0 bridgehead atoms. The number of aromatic nitrogens is 4. The van der Waals surface area contributed by atoms with Gasteiger partial charge >= 0.3 is 0 Å². The van der Waals surface area contributed by atoms with E-state index in [0.29, 0.717) is 11.7 Å².